The van der Waals surface area contributed by atoms with Gasteiger partial charge in [-0.2, -0.15) is 0 Å². The van der Waals surface area contributed by atoms with Gasteiger partial charge in [0, 0.05) is 12.8 Å². The summed E-state index contributed by atoms with van der Waals surface area (Å²) in [6, 6.07) is -1.73. The minimum atomic E-state index is -0.863. The largest absolute Gasteiger partial charge is 0.396 e. The van der Waals surface area contributed by atoms with Crippen LogP contribution in [0.25, 0.3) is 0 Å². The fraction of sp³-hybridized carbons (Fsp3) is 0.800. The Labute approximate surface area is 189 Å². The van der Waals surface area contributed by atoms with Crippen molar-refractivity contribution in [1.29, 1.82) is 0 Å². The number of aliphatic hydroxyl groups is 2. The summed E-state index contributed by atoms with van der Waals surface area (Å²) in [5.41, 5.74) is 9.41. The van der Waals surface area contributed by atoms with Crippen LogP contribution in [0.2, 0.25) is 0 Å². The van der Waals surface area contributed by atoms with Gasteiger partial charge < -0.3 is 41.8 Å². The molecule has 0 aromatic rings. The number of hydrogen-bond donors (Lipinski definition) is 6. The van der Waals surface area contributed by atoms with Gasteiger partial charge in [-0.25, -0.2) is 0 Å². The van der Waals surface area contributed by atoms with E-state index in [1.54, 1.807) is 0 Å². The van der Waals surface area contributed by atoms with Gasteiger partial charge in [0.25, 0.3) is 0 Å². The lowest BCUT2D eigenvalue weighted by atomic mass is 10.2. The fourth-order valence-electron chi connectivity index (χ4n) is 1.79. The normalized spacial score (nSPS) is 13.2. The van der Waals surface area contributed by atoms with Crippen LogP contribution in [0.3, 0.4) is 0 Å². The molecule has 0 spiro atoms. The van der Waals surface area contributed by atoms with Crippen LogP contribution in [0.5, 0.6) is 0 Å². The van der Waals surface area contributed by atoms with E-state index in [0.29, 0.717) is 0 Å². The molecule has 0 fully saturated rings. The van der Waals surface area contributed by atoms with E-state index in [4.69, 9.17) is 31.2 Å². The predicted molar refractivity (Wildman–Crippen MR) is 117 cm³/mol. The second-order valence-electron chi connectivity index (χ2n) is 8.84. The Kier molecular flexibility index (Phi) is 15.5. The molecule has 2 unspecified atom stereocenters. The molecule has 0 aliphatic heterocycles. The molecule has 2 atom stereocenters. The van der Waals surface area contributed by atoms with Crippen molar-refractivity contribution in [2.75, 3.05) is 26.4 Å². The Bertz CT molecular complexity index is 547. The van der Waals surface area contributed by atoms with Gasteiger partial charge in [0.2, 0.25) is 23.6 Å². The first-order chi connectivity index (χ1) is 14.5. The van der Waals surface area contributed by atoms with Crippen LogP contribution in [0.4, 0.5) is 0 Å². The Morgan fingerprint density at radius 3 is 1.19 bits per heavy atom. The molecular formula is C20H40N4O8. The topological polar surface area (TPSA) is 203 Å². The summed E-state index contributed by atoms with van der Waals surface area (Å²) in [7, 11) is 0. The molecule has 0 aliphatic carbocycles. The summed E-state index contributed by atoms with van der Waals surface area (Å²) >= 11 is 0. The van der Waals surface area contributed by atoms with Gasteiger partial charge in [-0.15, -0.1) is 0 Å². The molecule has 0 rings (SSSR count). The van der Waals surface area contributed by atoms with E-state index in [2.05, 4.69) is 10.6 Å². The molecule has 0 aromatic heterocycles. The fourth-order valence-corrected chi connectivity index (χ4v) is 1.79. The minimum Gasteiger partial charge on any atom is -0.396 e. The standard InChI is InChI=1S/2C10H20N2O4/c2*1-10(2,3)16-6-7(9(11)15)12-8(14)4-5-13/h2*7,13H,4-6H2,1-3H3,(H2,11,15)(H,12,14). The SMILES string of the molecule is CC(C)(C)OCC(NC(=O)CCO)C(N)=O.CC(C)(C)OCC(NC(=O)CCO)C(N)=O. The Morgan fingerprint density at radius 1 is 0.719 bits per heavy atom. The number of primary amides is 2. The van der Waals surface area contributed by atoms with Gasteiger partial charge in [0.1, 0.15) is 12.1 Å². The number of amides is 4. The van der Waals surface area contributed by atoms with Crippen molar-refractivity contribution in [3.8, 4) is 0 Å². The molecule has 32 heavy (non-hydrogen) atoms. The van der Waals surface area contributed by atoms with Crippen LogP contribution in [0, 0.1) is 0 Å². The number of carbonyl (C=O) groups is 4. The molecule has 4 amide bonds. The van der Waals surface area contributed by atoms with Crippen molar-refractivity contribution < 1.29 is 38.9 Å². The zero-order valence-electron chi connectivity index (χ0n) is 19.9. The highest BCUT2D eigenvalue weighted by Crippen LogP contribution is 2.07. The number of carbonyl (C=O) groups excluding carboxylic acids is 4. The molecule has 12 nitrogen and oxygen atoms in total. The molecule has 0 heterocycles. The first-order valence-corrected chi connectivity index (χ1v) is 10.2. The first-order valence-electron chi connectivity index (χ1n) is 10.2. The van der Waals surface area contributed by atoms with E-state index in [9.17, 15) is 19.2 Å². The van der Waals surface area contributed by atoms with E-state index in [-0.39, 0.29) is 39.3 Å². The van der Waals surface area contributed by atoms with Crippen LogP contribution in [-0.2, 0) is 28.7 Å². The van der Waals surface area contributed by atoms with Crippen molar-refractivity contribution in [1.82, 2.24) is 10.6 Å². The van der Waals surface area contributed by atoms with Crippen molar-refractivity contribution in [3.05, 3.63) is 0 Å². The predicted octanol–water partition coefficient (Wildman–Crippen LogP) is -1.69. The van der Waals surface area contributed by atoms with Crippen molar-refractivity contribution >= 4 is 23.6 Å². The lowest BCUT2D eigenvalue weighted by molar-refractivity contribution is -0.130. The van der Waals surface area contributed by atoms with Crippen LogP contribution in [0.1, 0.15) is 54.4 Å². The maximum atomic E-state index is 11.1. The van der Waals surface area contributed by atoms with E-state index in [0.717, 1.165) is 0 Å². The van der Waals surface area contributed by atoms with Crippen molar-refractivity contribution in [2.24, 2.45) is 11.5 Å². The third-order valence-corrected chi connectivity index (χ3v) is 3.40. The van der Waals surface area contributed by atoms with Crippen LogP contribution in [0.15, 0.2) is 0 Å². The smallest absolute Gasteiger partial charge is 0.242 e. The average molecular weight is 465 g/mol. The lowest BCUT2D eigenvalue weighted by Gasteiger charge is -2.23. The van der Waals surface area contributed by atoms with E-state index in [1.807, 2.05) is 41.5 Å². The van der Waals surface area contributed by atoms with E-state index < -0.39 is 46.9 Å². The van der Waals surface area contributed by atoms with Crippen LogP contribution >= 0.6 is 0 Å². The highest BCUT2D eigenvalue weighted by Gasteiger charge is 2.22. The number of ether oxygens (including phenoxy) is 2. The molecular weight excluding hydrogens is 424 g/mol. The molecule has 0 aromatic carbocycles. The second kappa shape index (κ2) is 15.5. The van der Waals surface area contributed by atoms with E-state index in [1.165, 1.54) is 0 Å². The summed E-state index contributed by atoms with van der Waals surface area (Å²) in [5, 5.41) is 21.9. The number of hydrogen-bond acceptors (Lipinski definition) is 8. The van der Waals surface area contributed by atoms with E-state index >= 15 is 0 Å². The van der Waals surface area contributed by atoms with Gasteiger partial charge in [0.05, 0.1) is 37.6 Å². The third-order valence-electron chi connectivity index (χ3n) is 3.40. The summed E-state index contributed by atoms with van der Waals surface area (Å²) in [6.07, 6.45) is -0.113. The number of nitrogens with one attached hydrogen (secondary N) is 2. The second-order valence-corrected chi connectivity index (χ2v) is 8.84. The molecule has 0 saturated carbocycles. The summed E-state index contributed by atoms with van der Waals surface area (Å²) in [5.74, 6) is -2.17. The summed E-state index contributed by atoms with van der Waals surface area (Å²) < 4.78 is 10.7. The molecule has 12 heteroatoms. The highest BCUT2D eigenvalue weighted by atomic mass is 16.5. The monoisotopic (exact) mass is 464 g/mol. The lowest BCUT2D eigenvalue weighted by Crippen LogP contribution is -2.48. The number of rotatable bonds is 12. The van der Waals surface area contributed by atoms with Gasteiger partial charge in [0.15, 0.2) is 0 Å². The minimum absolute atomic E-state index is 0.0238. The zero-order chi connectivity index (χ0) is 25.5. The Hall–Kier alpha value is -2.28. The van der Waals surface area contributed by atoms with Gasteiger partial charge in [-0.3, -0.25) is 19.2 Å². The maximum absolute atomic E-state index is 11.1. The Morgan fingerprint density at radius 2 is 1.00 bits per heavy atom. The molecule has 0 radical (unpaired) electrons. The van der Waals surface area contributed by atoms with Crippen LogP contribution in [-0.4, -0.2) is 83.6 Å². The molecule has 0 aliphatic rings. The zero-order valence-corrected chi connectivity index (χ0v) is 19.9. The average Bonchev–Trinajstić information content (AvgIpc) is 2.61. The van der Waals surface area contributed by atoms with Gasteiger partial charge in [-0.1, -0.05) is 0 Å². The van der Waals surface area contributed by atoms with Gasteiger partial charge >= 0.3 is 0 Å². The maximum Gasteiger partial charge on any atom is 0.242 e. The molecule has 0 bridgehead atoms. The summed E-state index contributed by atoms with van der Waals surface area (Å²) in [6.45, 7) is 10.5. The number of aliphatic hydroxyl groups excluding tert-OH is 2. The Balaban J connectivity index is 0. The number of nitrogens with two attached hydrogens (primary N) is 2. The van der Waals surface area contributed by atoms with Gasteiger partial charge in [-0.05, 0) is 41.5 Å². The molecule has 188 valence electrons. The first kappa shape index (κ1) is 31.9. The molecule has 0 saturated heterocycles. The van der Waals surface area contributed by atoms with Crippen LogP contribution < -0.4 is 22.1 Å². The van der Waals surface area contributed by atoms with Crippen molar-refractivity contribution in [2.45, 2.75) is 77.7 Å². The summed E-state index contributed by atoms with van der Waals surface area (Å²) in [4.78, 5) is 44.3. The third kappa shape index (κ3) is 19.7. The van der Waals surface area contributed by atoms with Crippen molar-refractivity contribution in [3.63, 3.8) is 0 Å². The molecule has 8 N–H and O–H groups in total. The highest BCUT2D eigenvalue weighted by molar-refractivity contribution is 5.87. The quantitative estimate of drug-likeness (QED) is 0.196.